The van der Waals surface area contributed by atoms with Gasteiger partial charge in [-0.15, -0.1) is 47.2 Å². The van der Waals surface area contributed by atoms with E-state index < -0.39 is 0 Å². The molecule has 0 aliphatic carbocycles. The molecule has 168 valence electrons. The second kappa shape index (κ2) is 16.3. The minimum absolute atomic E-state index is 0. The average Bonchev–Trinajstić information content (AvgIpc) is 2.69. The van der Waals surface area contributed by atoms with Crippen molar-refractivity contribution in [2.24, 2.45) is 0 Å². The molecule has 0 radical (unpaired) electrons. The summed E-state index contributed by atoms with van der Waals surface area (Å²) in [5.41, 5.74) is 1.03. The van der Waals surface area contributed by atoms with E-state index in [4.69, 9.17) is 39.5 Å². The van der Waals surface area contributed by atoms with Crippen LogP contribution in [-0.4, -0.2) is 65.3 Å². The number of rotatable bonds is 10. The Labute approximate surface area is 198 Å². The normalized spacial score (nSPS) is 10.0. The predicted molar refractivity (Wildman–Crippen MR) is 127 cm³/mol. The molecule has 2 aromatic carbocycles. The van der Waals surface area contributed by atoms with Crippen LogP contribution in [0, 0.1) is 0 Å². The fraction of sp³-hybridized carbons (Fsp3) is 0.381. The zero-order valence-corrected chi connectivity index (χ0v) is 19.8. The second-order valence-electron chi connectivity index (χ2n) is 6.06. The topological polar surface area (TPSA) is 70.0 Å². The lowest BCUT2D eigenvalue weighted by molar-refractivity contribution is 0.0990. The number of alkyl halides is 3. The highest BCUT2D eigenvalue weighted by Gasteiger charge is 2.12. The minimum atomic E-state index is -0.210. The number of carbonyl (C=O) groups is 1. The van der Waals surface area contributed by atoms with E-state index in [2.05, 4.69) is 4.90 Å². The first kappa shape index (κ1) is 28.6. The summed E-state index contributed by atoms with van der Waals surface area (Å²) in [6.45, 7) is 2.63. The van der Waals surface area contributed by atoms with Crippen LogP contribution in [0.4, 0.5) is 0 Å². The molecular weight excluding hydrogens is 472 g/mol. The molecule has 0 saturated heterocycles. The number of carbonyl (C=O) groups excluding carboxylic acids is 1. The number of hydrogen-bond donors (Lipinski definition) is 2. The number of hydrogen-bond acceptors (Lipinski definition) is 5. The molecule has 0 saturated carbocycles. The van der Waals surface area contributed by atoms with Crippen molar-refractivity contribution in [1.29, 1.82) is 0 Å². The van der Waals surface area contributed by atoms with Crippen LogP contribution in [0.25, 0.3) is 0 Å². The van der Waals surface area contributed by atoms with Crippen LogP contribution in [0.15, 0.2) is 42.5 Å². The van der Waals surface area contributed by atoms with Gasteiger partial charge in [0, 0.05) is 49.8 Å². The molecule has 0 spiro atoms. The fourth-order valence-corrected chi connectivity index (χ4v) is 3.19. The molecule has 0 bridgehead atoms. The van der Waals surface area contributed by atoms with Gasteiger partial charge in [0.1, 0.15) is 17.2 Å². The SMILES string of the molecule is COc1ccc(CC(=O)c2ccc(O)cc2O)cc1.Cl.ClCCN(CCCl)CCCl. The van der Waals surface area contributed by atoms with Crippen LogP contribution in [0.5, 0.6) is 17.2 Å². The maximum Gasteiger partial charge on any atom is 0.170 e. The summed E-state index contributed by atoms with van der Waals surface area (Å²) >= 11 is 16.6. The van der Waals surface area contributed by atoms with Crippen LogP contribution in [-0.2, 0) is 6.42 Å². The maximum absolute atomic E-state index is 12.0. The largest absolute Gasteiger partial charge is 0.508 e. The monoisotopic (exact) mass is 497 g/mol. The van der Waals surface area contributed by atoms with Gasteiger partial charge in [-0.25, -0.2) is 0 Å². The van der Waals surface area contributed by atoms with Gasteiger partial charge in [-0.05, 0) is 29.8 Å². The molecule has 30 heavy (non-hydrogen) atoms. The summed E-state index contributed by atoms with van der Waals surface area (Å²) in [5.74, 6) is 2.18. The van der Waals surface area contributed by atoms with Crippen LogP contribution >= 0.6 is 47.2 Å². The number of phenols is 2. The quantitative estimate of drug-likeness (QED) is 0.358. The molecule has 0 amide bonds. The summed E-state index contributed by atoms with van der Waals surface area (Å²) in [6, 6.07) is 11.1. The van der Waals surface area contributed by atoms with Crippen molar-refractivity contribution >= 4 is 53.0 Å². The van der Waals surface area contributed by atoms with Crippen LogP contribution in [0.3, 0.4) is 0 Å². The molecule has 2 aromatic rings. The van der Waals surface area contributed by atoms with Crippen molar-refractivity contribution in [1.82, 2.24) is 4.90 Å². The van der Waals surface area contributed by atoms with E-state index in [9.17, 15) is 15.0 Å². The second-order valence-corrected chi connectivity index (χ2v) is 7.19. The van der Waals surface area contributed by atoms with Crippen molar-refractivity contribution in [3.05, 3.63) is 53.6 Å². The van der Waals surface area contributed by atoms with Crippen LogP contribution in [0.2, 0.25) is 0 Å². The first-order valence-electron chi connectivity index (χ1n) is 9.03. The summed E-state index contributed by atoms with van der Waals surface area (Å²) in [6.07, 6.45) is 0.183. The standard InChI is InChI=1S/C15H14O4.C6H12Cl3N.ClH/c1-19-12-5-2-10(3-6-12)8-14(17)13-7-4-11(16)9-15(13)18;7-1-4-10(5-2-8)6-3-9;/h2-7,9,16,18H,8H2,1H3;1-6H2;1H. The summed E-state index contributed by atoms with van der Waals surface area (Å²) < 4.78 is 5.04. The zero-order chi connectivity index (χ0) is 21.6. The average molecular weight is 499 g/mol. The third-order valence-corrected chi connectivity index (χ3v) is 4.51. The Balaban J connectivity index is 0.000000658. The maximum atomic E-state index is 12.0. The van der Waals surface area contributed by atoms with Crippen LogP contribution in [0.1, 0.15) is 15.9 Å². The Hall–Kier alpha value is -1.37. The molecular formula is C21H27Cl4NO4. The molecule has 0 fully saturated rings. The van der Waals surface area contributed by atoms with E-state index in [-0.39, 0.29) is 41.7 Å². The van der Waals surface area contributed by atoms with Gasteiger partial charge < -0.3 is 14.9 Å². The first-order chi connectivity index (χ1) is 13.9. The lowest BCUT2D eigenvalue weighted by Gasteiger charge is -2.17. The van der Waals surface area contributed by atoms with E-state index in [1.165, 1.54) is 12.1 Å². The molecule has 9 heteroatoms. The van der Waals surface area contributed by atoms with Gasteiger partial charge in [0.2, 0.25) is 0 Å². The molecule has 0 aliphatic rings. The molecule has 2 rings (SSSR count). The smallest absolute Gasteiger partial charge is 0.170 e. The van der Waals surface area contributed by atoms with E-state index in [0.717, 1.165) is 37.0 Å². The molecule has 0 heterocycles. The highest BCUT2D eigenvalue weighted by atomic mass is 35.5. The number of phenolic OH excluding ortho intramolecular Hbond substituents is 2. The Kier molecular flexibility index (Phi) is 15.6. The number of benzene rings is 2. The predicted octanol–water partition coefficient (Wildman–Crippen LogP) is 4.96. The number of halogens is 4. The van der Waals surface area contributed by atoms with E-state index in [0.29, 0.717) is 17.6 Å². The van der Waals surface area contributed by atoms with Crippen molar-refractivity contribution in [3.8, 4) is 17.2 Å². The summed E-state index contributed by atoms with van der Waals surface area (Å²) in [5, 5.41) is 18.8. The number of nitrogens with zero attached hydrogens (tertiary/aromatic N) is 1. The first-order valence-corrected chi connectivity index (χ1v) is 10.6. The Bertz CT molecular complexity index is 730. The number of methoxy groups -OCH3 is 1. The third kappa shape index (κ3) is 10.6. The highest BCUT2D eigenvalue weighted by molar-refractivity contribution is 6.18. The Morgan fingerprint density at radius 3 is 1.90 bits per heavy atom. The van der Waals surface area contributed by atoms with E-state index in [1.54, 1.807) is 31.4 Å². The number of aromatic hydroxyl groups is 2. The van der Waals surface area contributed by atoms with Gasteiger partial charge in [0.15, 0.2) is 5.78 Å². The fourth-order valence-electron chi connectivity index (χ4n) is 2.47. The van der Waals surface area contributed by atoms with Gasteiger partial charge in [-0.2, -0.15) is 0 Å². The zero-order valence-electron chi connectivity index (χ0n) is 16.7. The highest BCUT2D eigenvalue weighted by Crippen LogP contribution is 2.24. The van der Waals surface area contributed by atoms with Crippen molar-refractivity contribution in [2.45, 2.75) is 6.42 Å². The molecule has 0 aromatic heterocycles. The number of Topliss-reactive ketones (excluding diaryl/α,β-unsaturated/α-hetero) is 1. The van der Waals surface area contributed by atoms with E-state index >= 15 is 0 Å². The molecule has 0 unspecified atom stereocenters. The minimum Gasteiger partial charge on any atom is -0.508 e. The van der Waals surface area contributed by atoms with Crippen molar-refractivity contribution in [2.75, 3.05) is 44.4 Å². The van der Waals surface area contributed by atoms with Gasteiger partial charge in [-0.1, -0.05) is 12.1 Å². The van der Waals surface area contributed by atoms with Crippen molar-refractivity contribution < 1.29 is 19.7 Å². The molecule has 2 N–H and O–H groups in total. The third-order valence-electron chi connectivity index (χ3n) is 4.01. The Morgan fingerprint density at radius 1 is 0.933 bits per heavy atom. The molecule has 0 atom stereocenters. The number of ether oxygens (including phenoxy) is 1. The number of ketones is 1. The Morgan fingerprint density at radius 2 is 1.47 bits per heavy atom. The lowest BCUT2D eigenvalue weighted by atomic mass is 10.0. The lowest BCUT2D eigenvalue weighted by Crippen LogP contribution is -2.29. The van der Waals surface area contributed by atoms with Gasteiger partial charge >= 0.3 is 0 Å². The molecule has 5 nitrogen and oxygen atoms in total. The summed E-state index contributed by atoms with van der Waals surface area (Å²) in [4.78, 5) is 14.2. The van der Waals surface area contributed by atoms with Crippen LogP contribution < -0.4 is 4.74 Å². The summed E-state index contributed by atoms with van der Waals surface area (Å²) in [7, 11) is 1.58. The van der Waals surface area contributed by atoms with Crippen molar-refractivity contribution in [3.63, 3.8) is 0 Å². The molecule has 0 aliphatic heterocycles. The van der Waals surface area contributed by atoms with Gasteiger partial charge in [0.05, 0.1) is 12.7 Å². The van der Waals surface area contributed by atoms with Gasteiger partial charge in [0.25, 0.3) is 0 Å². The van der Waals surface area contributed by atoms with E-state index in [1.807, 2.05) is 0 Å². The van der Waals surface area contributed by atoms with Gasteiger partial charge in [-0.3, -0.25) is 9.69 Å².